The fraction of sp³-hybridized carbons (Fsp3) is 0.429. The molecule has 0 aliphatic carbocycles. The molecular weight excluding hydrogens is 276 g/mol. The topological polar surface area (TPSA) is 97.8 Å². The Morgan fingerprint density at radius 2 is 1.95 bits per heavy atom. The Morgan fingerprint density at radius 1 is 1.19 bits per heavy atom. The Morgan fingerprint density at radius 3 is 2.62 bits per heavy atom. The van der Waals surface area contributed by atoms with Crippen LogP contribution in [0.5, 0.6) is 11.5 Å². The maximum absolute atomic E-state index is 9.53. The van der Waals surface area contributed by atoms with Crippen molar-refractivity contribution in [1.29, 1.82) is 0 Å². The van der Waals surface area contributed by atoms with Crippen molar-refractivity contribution in [2.24, 2.45) is 0 Å². The third-order valence-electron chi connectivity index (χ3n) is 3.75. The molecular formula is C14H16N2O5. The molecule has 2 N–H and O–H groups in total. The summed E-state index contributed by atoms with van der Waals surface area (Å²) >= 11 is 0. The summed E-state index contributed by atoms with van der Waals surface area (Å²) in [5, 5.41) is 22.9. The monoisotopic (exact) mass is 292 g/mol. The summed E-state index contributed by atoms with van der Waals surface area (Å²) in [4.78, 5) is 4.37. The predicted molar refractivity (Wildman–Crippen MR) is 71.8 cm³/mol. The highest BCUT2D eigenvalue weighted by Crippen LogP contribution is 2.35. The number of aromatic nitrogens is 2. The second-order valence-electron chi connectivity index (χ2n) is 4.94. The van der Waals surface area contributed by atoms with E-state index in [1.165, 1.54) is 12.1 Å². The molecule has 112 valence electrons. The molecule has 2 heterocycles. The number of rotatable bonds is 3. The van der Waals surface area contributed by atoms with Gasteiger partial charge in [0.15, 0.2) is 11.5 Å². The van der Waals surface area contributed by atoms with Crippen LogP contribution in [-0.2, 0) is 15.1 Å². The summed E-state index contributed by atoms with van der Waals surface area (Å²) in [7, 11) is 1.62. The Balaban J connectivity index is 1.93. The molecule has 1 aliphatic heterocycles. The molecule has 0 spiro atoms. The quantitative estimate of drug-likeness (QED) is 0.832. The van der Waals surface area contributed by atoms with E-state index < -0.39 is 5.60 Å². The molecule has 2 aromatic rings. The first-order valence-electron chi connectivity index (χ1n) is 6.64. The van der Waals surface area contributed by atoms with Gasteiger partial charge in [0.25, 0.3) is 5.89 Å². The first kappa shape index (κ1) is 13.8. The van der Waals surface area contributed by atoms with Gasteiger partial charge < -0.3 is 24.2 Å². The van der Waals surface area contributed by atoms with Crippen LogP contribution in [0.1, 0.15) is 18.7 Å². The molecule has 1 aliphatic rings. The number of benzene rings is 1. The molecule has 0 saturated carbocycles. The molecule has 7 nitrogen and oxygen atoms in total. The summed E-state index contributed by atoms with van der Waals surface area (Å²) in [6.45, 7) is 1.16. The van der Waals surface area contributed by atoms with Crippen molar-refractivity contribution < 1.29 is 24.2 Å². The van der Waals surface area contributed by atoms with E-state index in [0.717, 1.165) is 0 Å². The molecule has 21 heavy (non-hydrogen) atoms. The summed E-state index contributed by atoms with van der Waals surface area (Å²) in [6.07, 6.45) is 1.31. The zero-order chi connectivity index (χ0) is 14.9. The number of hydrogen-bond donors (Lipinski definition) is 2. The molecule has 7 heteroatoms. The third kappa shape index (κ3) is 2.45. The highest BCUT2D eigenvalue weighted by Gasteiger charge is 2.39. The average Bonchev–Trinajstić information content (AvgIpc) is 3.01. The van der Waals surface area contributed by atoms with Gasteiger partial charge in [0.05, 0.1) is 0 Å². The first-order valence-corrected chi connectivity index (χ1v) is 6.64. The largest absolute Gasteiger partial charge is 0.504 e. The second-order valence-corrected chi connectivity index (χ2v) is 4.94. The van der Waals surface area contributed by atoms with Crippen molar-refractivity contribution in [3.8, 4) is 23.0 Å². The van der Waals surface area contributed by atoms with E-state index in [1.54, 1.807) is 13.2 Å². The fourth-order valence-electron chi connectivity index (χ4n) is 2.40. The van der Waals surface area contributed by atoms with E-state index in [1.807, 2.05) is 0 Å². The van der Waals surface area contributed by atoms with Gasteiger partial charge in [0.2, 0.25) is 5.82 Å². The Labute approximate surface area is 121 Å². The van der Waals surface area contributed by atoms with Crippen LogP contribution in [0, 0.1) is 0 Å². The Kier molecular flexibility index (Phi) is 3.52. The van der Waals surface area contributed by atoms with Crippen molar-refractivity contribution in [3.63, 3.8) is 0 Å². The normalized spacial score (nSPS) is 17.8. The van der Waals surface area contributed by atoms with Crippen LogP contribution in [0.4, 0.5) is 0 Å². The van der Waals surface area contributed by atoms with Gasteiger partial charge in [-0.15, -0.1) is 0 Å². The summed E-state index contributed by atoms with van der Waals surface area (Å²) < 4.78 is 16.2. The zero-order valence-corrected chi connectivity index (χ0v) is 11.6. The average molecular weight is 292 g/mol. The number of ether oxygens (including phenoxy) is 2. The van der Waals surface area contributed by atoms with Crippen LogP contribution >= 0.6 is 0 Å². The Bertz CT molecular complexity index is 634. The van der Waals surface area contributed by atoms with Crippen molar-refractivity contribution in [1.82, 2.24) is 10.1 Å². The number of methoxy groups -OCH3 is 1. The van der Waals surface area contributed by atoms with E-state index in [0.29, 0.717) is 37.4 Å². The minimum absolute atomic E-state index is 0.198. The maximum atomic E-state index is 9.53. The standard InChI is InChI=1S/C14H16N2O5/c1-19-14(4-6-20-7-5-14)13-15-12(21-16-13)9-2-3-10(17)11(18)8-9/h2-3,8,17-18H,4-7H2,1H3. The van der Waals surface area contributed by atoms with Crippen molar-refractivity contribution >= 4 is 0 Å². The molecule has 0 radical (unpaired) electrons. The molecule has 0 atom stereocenters. The SMILES string of the molecule is COC1(c2noc(-c3ccc(O)c(O)c3)n2)CCOCC1. The lowest BCUT2D eigenvalue weighted by molar-refractivity contribution is -0.101. The fourth-order valence-corrected chi connectivity index (χ4v) is 2.40. The number of nitrogens with zero attached hydrogens (tertiary/aromatic N) is 2. The van der Waals surface area contributed by atoms with E-state index in [9.17, 15) is 10.2 Å². The van der Waals surface area contributed by atoms with Gasteiger partial charge >= 0.3 is 0 Å². The Hall–Kier alpha value is -2.12. The first-order chi connectivity index (χ1) is 10.1. The van der Waals surface area contributed by atoms with E-state index >= 15 is 0 Å². The van der Waals surface area contributed by atoms with Gasteiger partial charge in [0, 0.05) is 38.7 Å². The smallest absolute Gasteiger partial charge is 0.258 e. The molecule has 1 fully saturated rings. The molecule has 0 amide bonds. The minimum atomic E-state index is -0.598. The van der Waals surface area contributed by atoms with Crippen LogP contribution in [0.15, 0.2) is 22.7 Å². The summed E-state index contributed by atoms with van der Waals surface area (Å²) in [5.74, 6) is 0.301. The molecule has 3 rings (SSSR count). The van der Waals surface area contributed by atoms with Crippen LogP contribution < -0.4 is 0 Å². The molecule has 0 bridgehead atoms. The second kappa shape index (κ2) is 5.34. The zero-order valence-electron chi connectivity index (χ0n) is 11.6. The number of hydrogen-bond acceptors (Lipinski definition) is 7. The molecule has 1 aromatic carbocycles. The number of aromatic hydroxyl groups is 2. The lowest BCUT2D eigenvalue weighted by Crippen LogP contribution is -2.36. The predicted octanol–water partition coefficient (Wildman–Crippen LogP) is 1.80. The van der Waals surface area contributed by atoms with Crippen molar-refractivity contribution in [2.45, 2.75) is 18.4 Å². The third-order valence-corrected chi connectivity index (χ3v) is 3.75. The van der Waals surface area contributed by atoms with Gasteiger partial charge in [0.1, 0.15) is 5.60 Å². The van der Waals surface area contributed by atoms with Gasteiger partial charge in [-0.2, -0.15) is 4.98 Å². The van der Waals surface area contributed by atoms with Crippen LogP contribution in [0.25, 0.3) is 11.5 Å². The van der Waals surface area contributed by atoms with Gasteiger partial charge in [-0.05, 0) is 18.2 Å². The molecule has 0 unspecified atom stereocenters. The lowest BCUT2D eigenvalue weighted by atomic mass is 9.93. The highest BCUT2D eigenvalue weighted by atomic mass is 16.5. The van der Waals surface area contributed by atoms with Crippen LogP contribution in [0.3, 0.4) is 0 Å². The maximum Gasteiger partial charge on any atom is 0.258 e. The van der Waals surface area contributed by atoms with Crippen molar-refractivity contribution in [3.05, 3.63) is 24.0 Å². The van der Waals surface area contributed by atoms with Crippen LogP contribution in [-0.4, -0.2) is 40.7 Å². The highest BCUT2D eigenvalue weighted by molar-refractivity contribution is 5.59. The van der Waals surface area contributed by atoms with Gasteiger partial charge in [-0.25, -0.2) is 0 Å². The number of phenols is 2. The van der Waals surface area contributed by atoms with Gasteiger partial charge in [-0.3, -0.25) is 0 Å². The lowest BCUT2D eigenvalue weighted by Gasteiger charge is -2.32. The van der Waals surface area contributed by atoms with E-state index in [2.05, 4.69) is 10.1 Å². The summed E-state index contributed by atoms with van der Waals surface area (Å²) in [6, 6.07) is 4.33. The van der Waals surface area contributed by atoms with Crippen LogP contribution in [0.2, 0.25) is 0 Å². The van der Waals surface area contributed by atoms with Crippen molar-refractivity contribution in [2.75, 3.05) is 20.3 Å². The van der Waals surface area contributed by atoms with E-state index in [-0.39, 0.29) is 17.4 Å². The van der Waals surface area contributed by atoms with Gasteiger partial charge in [-0.1, -0.05) is 5.16 Å². The molecule has 1 saturated heterocycles. The van der Waals surface area contributed by atoms with E-state index in [4.69, 9.17) is 14.0 Å². The summed E-state index contributed by atoms with van der Waals surface area (Å²) in [5.41, 5.74) is -0.0683. The number of phenolic OH excluding ortho intramolecular Hbond substituents is 2. The minimum Gasteiger partial charge on any atom is -0.504 e. The molecule has 1 aromatic heterocycles.